The second-order valence-electron chi connectivity index (χ2n) is 4.38. The van der Waals surface area contributed by atoms with Crippen LogP contribution in [-0.2, 0) is 6.18 Å². The number of benzene rings is 1. The maximum atomic E-state index is 12.7. The highest BCUT2D eigenvalue weighted by molar-refractivity contribution is 5.66. The number of aryl methyl sites for hydroxylation is 1. The molecule has 4 nitrogen and oxygen atoms in total. The molecule has 2 aromatic rings. The molecule has 0 saturated carbocycles. The number of halogens is 3. The molecule has 0 saturated heterocycles. The Morgan fingerprint density at radius 1 is 1.15 bits per heavy atom. The molecule has 1 aromatic carbocycles. The van der Waals surface area contributed by atoms with Gasteiger partial charge in [0.15, 0.2) is 0 Å². The van der Waals surface area contributed by atoms with E-state index in [9.17, 15) is 13.2 Å². The molecule has 0 radical (unpaired) electrons. The first kappa shape index (κ1) is 14.1. The Morgan fingerprint density at radius 3 is 2.50 bits per heavy atom. The third kappa shape index (κ3) is 2.81. The molecule has 0 atom stereocenters. The highest BCUT2D eigenvalue weighted by Gasteiger charge is 2.30. The molecule has 1 aromatic heterocycles. The molecule has 0 aliphatic carbocycles. The molecule has 7 heteroatoms. The van der Waals surface area contributed by atoms with Crippen molar-refractivity contribution in [1.82, 2.24) is 9.97 Å². The number of nitrogens with zero attached hydrogens (tertiary/aromatic N) is 2. The Balaban J connectivity index is 2.41. The molecule has 0 unspecified atom stereocenters. The van der Waals surface area contributed by atoms with Crippen LogP contribution < -0.4 is 11.1 Å². The van der Waals surface area contributed by atoms with Gasteiger partial charge in [0, 0.05) is 11.3 Å². The molecule has 0 aliphatic rings. The zero-order valence-electron chi connectivity index (χ0n) is 10.9. The van der Waals surface area contributed by atoms with Gasteiger partial charge in [0.25, 0.3) is 0 Å². The summed E-state index contributed by atoms with van der Waals surface area (Å²) in [6, 6.07) is 3.50. The Bertz CT molecular complexity index is 638. The van der Waals surface area contributed by atoms with Crippen molar-refractivity contribution in [3.05, 3.63) is 41.2 Å². The fourth-order valence-corrected chi connectivity index (χ4v) is 1.65. The normalized spacial score (nSPS) is 11.4. The molecule has 0 aliphatic heterocycles. The summed E-state index contributed by atoms with van der Waals surface area (Å²) in [5.41, 5.74) is 6.52. The van der Waals surface area contributed by atoms with E-state index in [0.29, 0.717) is 22.6 Å². The van der Waals surface area contributed by atoms with E-state index in [-0.39, 0.29) is 5.82 Å². The van der Waals surface area contributed by atoms with Crippen LogP contribution in [0, 0.1) is 13.8 Å². The van der Waals surface area contributed by atoms with Crippen LogP contribution >= 0.6 is 0 Å². The molecule has 106 valence electrons. The molecule has 3 N–H and O–H groups in total. The topological polar surface area (TPSA) is 63.8 Å². The van der Waals surface area contributed by atoms with Crippen molar-refractivity contribution in [2.24, 2.45) is 0 Å². The van der Waals surface area contributed by atoms with E-state index in [1.54, 1.807) is 13.8 Å². The molecule has 0 amide bonds. The van der Waals surface area contributed by atoms with E-state index in [4.69, 9.17) is 5.73 Å². The van der Waals surface area contributed by atoms with Gasteiger partial charge in [-0.3, -0.25) is 0 Å². The lowest BCUT2D eigenvalue weighted by Gasteiger charge is -2.14. The Morgan fingerprint density at radius 2 is 1.85 bits per heavy atom. The summed E-state index contributed by atoms with van der Waals surface area (Å²) in [5, 5.41) is 2.86. The van der Waals surface area contributed by atoms with Crippen LogP contribution in [0.25, 0.3) is 0 Å². The highest BCUT2D eigenvalue weighted by Crippen LogP contribution is 2.33. The first-order valence-electron chi connectivity index (χ1n) is 5.81. The number of anilines is 3. The predicted octanol–water partition coefficient (Wildman–Crippen LogP) is 3.44. The van der Waals surface area contributed by atoms with Crippen molar-refractivity contribution in [1.29, 1.82) is 0 Å². The van der Waals surface area contributed by atoms with Crippen molar-refractivity contribution in [3.8, 4) is 0 Å². The fraction of sp³-hybridized carbons (Fsp3) is 0.231. The average Bonchev–Trinajstić information content (AvgIpc) is 2.36. The first-order valence-corrected chi connectivity index (χ1v) is 5.81. The average molecular weight is 282 g/mol. The number of hydrogen-bond donors (Lipinski definition) is 2. The number of alkyl halides is 3. The lowest BCUT2D eigenvalue weighted by Crippen LogP contribution is -2.07. The second kappa shape index (κ2) is 4.99. The van der Waals surface area contributed by atoms with E-state index < -0.39 is 11.7 Å². The summed E-state index contributed by atoms with van der Waals surface area (Å²) in [6.45, 7) is 3.41. The van der Waals surface area contributed by atoms with Crippen LogP contribution in [0.2, 0.25) is 0 Å². The third-order valence-corrected chi connectivity index (χ3v) is 2.94. The van der Waals surface area contributed by atoms with Gasteiger partial charge in [0.1, 0.15) is 18.0 Å². The van der Waals surface area contributed by atoms with E-state index in [2.05, 4.69) is 15.3 Å². The van der Waals surface area contributed by atoms with E-state index in [1.807, 2.05) is 0 Å². The maximum absolute atomic E-state index is 12.7. The van der Waals surface area contributed by atoms with E-state index >= 15 is 0 Å². The van der Waals surface area contributed by atoms with Gasteiger partial charge in [-0.2, -0.15) is 13.2 Å². The minimum absolute atomic E-state index is 0.284. The zero-order chi connectivity index (χ0) is 14.9. The quantitative estimate of drug-likeness (QED) is 0.885. The summed E-state index contributed by atoms with van der Waals surface area (Å²) in [4.78, 5) is 7.79. The van der Waals surface area contributed by atoms with Crippen molar-refractivity contribution in [3.63, 3.8) is 0 Å². The largest absolute Gasteiger partial charge is 0.416 e. The van der Waals surface area contributed by atoms with Gasteiger partial charge in [-0.1, -0.05) is 6.07 Å². The van der Waals surface area contributed by atoms with Gasteiger partial charge in [0.2, 0.25) is 0 Å². The Kier molecular flexibility index (Phi) is 3.52. The summed E-state index contributed by atoms with van der Waals surface area (Å²) < 4.78 is 38.1. The summed E-state index contributed by atoms with van der Waals surface area (Å²) >= 11 is 0. The number of rotatable bonds is 2. The molecule has 0 bridgehead atoms. The molecule has 0 fully saturated rings. The molecule has 20 heavy (non-hydrogen) atoms. The monoisotopic (exact) mass is 282 g/mol. The van der Waals surface area contributed by atoms with Gasteiger partial charge in [-0.05, 0) is 31.5 Å². The molecule has 1 heterocycles. The highest BCUT2D eigenvalue weighted by atomic mass is 19.4. The number of hydrogen-bond acceptors (Lipinski definition) is 4. The van der Waals surface area contributed by atoms with Gasteiger partial charge in [-0.15, -0.1) is 0 Å². The standard InChI is InChI=1S/C13H13F3N4/c1-7-3-4-9(13(14,15)16)5-10(7)20-12-8(2)11(17)18-6-19-12/h3-6H,1-2H3,(H3,17,18,19,20). The SMILES string of the molecule is Cc1ccc(C(F)(F)F)cc1Nc1ncnc(N)c1C. The minimum Gasteiger partial charge on any atom is -0.383 e. The minimum atomic E-state index is -4.39. The van der Waals surface area contributed by atoms with Gasteiger partial charge < -0.3 is 11.1 Å². The maximum Gasteiger partial charge on any atom is 0.416 e. The van der Waals surface area contributed by atoms with Crippen LogP contribution in [0.5, 0.6) is 0 Å². The third-order valence-electron chi connectivity index (χ3n) is 2.94. The summed E-state index contributed by atoms with van der Waals surface area (Å²) in [5.74, 6) is 0.673. The molecular weight excluding hydrogens is 269 g/mol. The zero-order valence-corrected chi connectivity index (χ0v) is 10.9. The van der Waals surface area contributed by atoms with Crippen molar-refractivity contribution < 1.29 is 13.2 Å². The lowest BCUT2D eigenvalue weighted by atomic mass is 10.1. The Labute approximate surface area is 113 Å². The van der Waals surface area contributed by atoms with Crippen molar-refractivity contribution in [2.45, 2.75) is 20.0 Å². The number of nitrogens with two attached hydrogens (primary N) is 1. The molecule has 2 rings (SSSR count). The van der Waals surface area contributed by atoms with E-state index in [0.717, 1.165) is 12.1 Å². The van der Waals surface area contributed by atoms with Gasteiger partial charge in [0.05, 0.1) is 5.56 Å². The van der Waals surface area contributed by atoms with Crippen LogP contribution in [0.3, 0.4) is 0 Å². The van der Waals surface area contributed by atoms with Gasteiger partial charge in [-0.25, -0.2) is 9.97 Å². The smallest absolute Gasteiger partial charge is 0.383 e. The van der Waals surface area contributed by atoms with Crippen molar-refractivity contribution >= 4 is 17.3 Å². The number of nitrogens with one attached hydrogen (secondary N) is 1. The van der Waals surface area contributed by atoms with Crippen molar-refractivity contribution in [2.75, 3.05) is 11.1 Å². The van der Waals surface area contributed by atoms with Crippen LogP contribution in [-0.4, -0.2) is 9.97 Å². The summed E-state index contributed by atoms with van der Waals surface area (Å²) in [6.07, 6.45) is -3.13. The van der Waals surface area contributed by atoms with Crippen LogP contribution in [0.4, 0.5) is 30.5 Å². The number of nitrogen functional groups attached to an aromatic ring is 1. The van der Waals surface area contributed by atoms with Gasteiger partial charge >= 0.3 is 6.18 Å². The summed E-state index contributed by atoms with van der Waals surface area (Å²) in [7, 11) is 0. The van der Waals surface area contributed by atoms with Crippen LogP contribution in [0.1, 0.15) is 16.7 Å². The number of aromatic nitrogens is 2. The van der Waals surface area contributed by atoms with E-state index in [1.165, 1.54) is 12.4 Å². The first-order chi connectivity index (χ1) is 9.29. The molecular formula is C13H13F3N4. The second-order valence-corrected chi connectivity index (χ2v) is 4.38. The Hall–Kier alpha value is -2.31. The molecule has 0 spiro atoms. The predicted molar refractivity (Wildman–Crippen MR) is 70.6 cm³/mol. The van der Waals surface area contributed by atoms with Crippen LogP contribution in [0.15, 0.2) is 24.5 Å². The lowest BCUT2D eigenvalue weighted by molar-refractivity contribution is -0.137. The fourth-order valence-electron chi connectivity index (χ4n) is 1.65.